The van der Waals surface area contributed by atoms with Crippen LogP contribution in [0, 0.1) is 0 Å². The van der Waals surface area contributed by atoms with Crippen LogP contribution in [0.3, 0.4) is 0 Å². The predicted molar refractivity (Wildman–Crippen MR) is 85.5 cm³/mol. The molecule has 0 spiro atoms. The first-order valence-electron chi connectivity index (χ1n) is 7.98. The number of hydrogen-bond acceptors (Lipinski definition) is 4. The van der Waals surface area contributed by atoms with E-state index in [4.69, 9.17) is 4.74 Å². The lowest BCUT2D eigenvalue weighted by Gasteiger charge is -2.29. The fraction of sp³-hybridized carbons (Fsp3) is 1.00. The van der Waals surface area contributed by atoms with Crippen molar-refractivity contribution in [3.63, 3.8) is 0 Å². The summed E-state index contributed by atoms with van der Waals surface area (Å²) in [7, 11) is -0.0880. The van der Waals surface area contributed by atoms with Gasteiger partial charge in [0, 0.05) is 33.8 Å². The summed E-state index contributed by atoms with van der Waals surface area (Å²) in [5.41, 5.74) is 0. The van der Waals surface area contributed by atoms with Crippen LogP contribution in [0.5, 0.6) is 0 Å². The van der Waals surface area contributed by atoms with Gasteiger partial charge in [0.1, 0.15) is 0 Å². The lowest BCUT2D eigenvalue weighted by Crippen LogP contribution is -2.44. The lowest BCUT2D eigenvalue weighted by atomic mass is 10.1. The summed E-state index contributed by atoms with van der Waals surface area (Å²) in [6, 6.07) is 0. The highest BCUT2D eigenvalue weighted by molar-refractivity contribution is 7.86. The van der Waals surface area contributed by atoms with E-state index in [0.29, 0.717) is 13.1 Å². The average molecular weight is 321 g/mol. The molecule has 1 heterocycles. The molecule has 0 radical (unpaired) electrons. The van der Waals surface area contributed by atoms with Crippen molar-refractivity contribution in [3.8, 4) is 0 Å². The van der Waals surface area contributed by atoms with E-state index in [0.717, 1.165) is 51.8 Å². The van der Waals surface area contributed by atoms with Crippen molar-refractivity contribution in [3.05, 3.63) is 0 Å². The van der Waals surface area contributed by atoms with Crippen LogP contribution in [0.15, 0.2) is 0 Å². The summed E-state index contributed by atoms with van der Waals surface area (Å²) in [4.78, 5) is 0. The van der Waals surface area contributed by atoms with Gasteiger partial charge in [-0.25, -0.2) is 0 Å². The van der Waals surface area contributed by atoms with Crippen LogP contribution in [0.25, 0.3) is 0 Å². The Kier molecular flexibility index (Phi) is 8.73. The van der Waals surface area contributed by atoms with Gasteiger partial charge in [0.05, 0.1) is 6.10 Å². The SMILES string of the molecule is CCCNCCCN(C)S(=O)(=O)N(C)CC1CCCCO1. The van der Waals surface area contributed by atoms with Gasteiger partial charge >= 0.3 is 0 Å². The summed E-state index contributed by atoms with van der Waals surface area (Å²) in [5.74, 6) is 0. The standard InChI is InChI=1S/C14H31N3O3S/c1-4-9-15-10-7-11-16(2)21(18,19)17(3)13-14-8-5-6-12-20-14/h14-15H,4-13H2,1-3H3. The molecule has 1 N–H and O–H groups in total. The van der Waals surface area contributed by atoms with Crippen LogP contribution in [-0.2, 0) is 14.9 Å². The molecular weight excluding hydrogens is 290 g/mol. The first kappa shape index (κ1) is 18.8. The molecule has 0 aromatic carbocycles. The fourth-order valence-corrected chi connectivity index (χ4v) is 3.60. The van der Waals surface area contributed by atoms with Gasteiger partial charge in [-0.3, -0.25) is 0 Å². The third kappa shape index (κ3) is 6.61. The van der Waals surface area contributed by atoms with Crippen LogP contribution in [0.4, 0.5) is 0 Å². The van der Waals surface area contributed by atoms with Gasteiger partial charge < -0.3 is 10.1 Å². The topological polar surface area (TPSA) is 61.9 Å². The normalized spacial score (nSPS) is 20.3. The molecule has 126 valence electrons. The second-order valence-corrected chi connectivity index (χ2v) is 7.84. The second kappa shape index (κ2) is 9.74. The van der Waals surface area contributed by atoms with Crippen LogP contribution in [-0.4, -0.2) is 70.0 Å². The Balaban J connectivity index is 2.34. The molecule has 1 fully saturated rings. The Hall–Kier alpha value is -0.210. The van der Waals surface area contributed by atoms with E-state index < -0.39 is 10.2 Å². The molecule has 0 amide bonds. The molecule has 1 atom stereocenters. The average Bonchev–Trinajstić information content (AvgIpc) is 2.47. The maximum absolute atomic E-state index is 12.4. The summed E-state index contributed by atoms with van der Waals surface area (Å²) < 4.78 is 33.3. The van der Waals surface area contributed by atoms with E-state index in [1.165, 1.54) is 8.61 Å². The summed E-state index contributed by atoms with van der Waals surface area (Å²) >= 11 is 0. The molecule has 0 aromatic heterocycles. The molecular formula is C14H31N3O3S. The third-order valence-electron chi connectivity index (χ3n) is 3.78. The van der Waals surface area contributed by atoms with Crippen LogP contribution >= 0.6 is 0 Å². The van der Waals surface area contributed by atoms with Crippen LogP contribution in [0.2, 0.25) is 0 Å². The van der Waals surface area contributed by atoms with E-state index in [9.17, 15) is 8.42 Å². The molecule has 1 aliphatic heterocycles. The highest BCUT2D eigenvalue weighted by Gasteiger charge is 2.26. The maximum Gasteiger partial charge on any atom is 0.281 e. The Morgan fingerprint density at radius 3 is 2.57 bits per heavy atom. The molecule has 6 nitrogen and oxygen atoms in total. The van der Waals surface area contributed by atoms with Gasteiger partial charge in [0.2, 0.25) is 0 Å². The smallest absolute Gasteiger partial charge is 0.281 e. The van der Waals surface area contributed by atoms with Crippen molar-refractivity contribution in [1.29, 1.82) is 0 Å². The zero-order valence-corrected chi connectivity index (χ0v) is 14.5. The molecule has 21 heavy (non-hydrogen) atoms. The number of rotatable bonds is 10. The Morgan fingerprint density at radius 1 is 1.19 bits per heavy atom. The van der Waals surface area contributed by atoms with Gasteiger partial charge in [0.25, 0.3) is 10.2 Å². The highest BCUT2D eigenvalue weighted by atomic mass is 32.2. The zero-order chi connectivity index (χ0) is 15.7. The number of likely N-dealkylation sites (N-methyl/N-ethyl adjacent to an activating group) is 1. The van der Waals surface area contributed by atoms with Gasteiger partial charge in [-0.1, -0.05) is 6.92 Å². The molecule has 0 aliphatic carbocycles. The van der Waals surface area contributed by atoms with Gasteiger partial charge in [-0.15, -0.1) is 0 Å². The molecule has 0 bridgehead atoms. The van der Waals surface area contributed by atoms with Crippen molar-refractivity contribution in [2.75, 3.05) is 46.9 Å². The van der Waals surface area contributed by atoms with E-state index >= 15 is 0 Å². The van der Waals surface area contributed by atoms with E-state index in [2.05, 4.69) is 12.2 Å². The Morgan fingerprint density at radius 2 is 1.95 bits per heavy atom. The van der Waals surface area contributed by atoms with Crippen molar-refractivity contribution in [2.45, 2.75) is 45.1 Å². The number of ether oxygens (including phenoxy) is 1. The fourth-order valence-electron chi connectivity index (χ4n) is 2.41. The van der Waals surface area contributed by atoms with Crippen LogP contribution < -0.4 is 5.32 Å². The summed E-state index contributed by atoms with van der Waals surface area (Å²) in [5, 5.41) is 3.28. The largest absolute Gasteiger partial charge is 0.377 e. The number of nitrogens with zero attached hydrogens (tertiary/aromatic N) is 2. The summed E-state index contributed by atoms with van der Waals surface area (Å²) in [6.07, 6.45) is 5.11. The molecule has 1 unspecified atom stereocenters. The molecule has 1 saturated heterocycles. The quantitative estimate of drug-likeness (QED) is 0.611. The van der Waals surface area contributed by atoms with Crippen molar-refractivity contribution >= 4 is 10.2 Å². The number of nitrogens with one attached hydrogen (secondary N) is 1. The van der Waals surface area contributed by atoms with E-state index in [1.54, 1.807) is 14.1 Å². The summed E-state index contributed by atoms with van der Waals surface area (Å²) in [6.45, 7) is 5.68. The third-order valence-corrected chi connectivity index (χ3v) is 5.68. The van der Waals surface area contributed by atoms with Crippen LogP contribution in [0.1, 0.15) is 39.0 Å². The molecule has 7 heteroatoms. The first-order valence-corrected chi connectivity index (χ1v) is 9.38. The molecule has 0 aromatic rings. The highest BCUT2D eigenvalue weighted by Crippen LogP contribution is 2.15. The first-order chi connectivity index (χ1) is 9.98. The van der Waals surface area contributed by atoms with Crippen molar-refractivity contribution in [2.24, 2.45) is 0 Å². The number of hydrogen-bond donors (Lipinski definition) is 1. The maximum atomic E-state index is 12.4. The minimum atomic E-state index is -3.37. The van der Waals surface area contributed by atoms with Gasteiger partial charge in [-0.2, -0.15) is 17.0 Å². The van der Waals surface area contributed by atoms with Gasteiger partial charge in [0.15, 0.2) is 0 Å². The molecule has 1 aliphatic rings. The zero-order valence-electron chi connectivity index (χ0n) is 13.7. The molecule has 0 saturated carbocycles. The Bertz CT molecular complexity index is 370. The monoisotopic (exact) mass is 321 g/mol. The minimum absolute atomic E-state index is 0.0399. The lowest BCUT2D eigenvalue weighted by molar-refractivity contribution is 0.00805. The predicted octanol–water partition coefficient (Wildman–Crippen LogP) is 1.05. The van der Waals surface area contributed by atoms with Crippen molar-refractivity contribution in [1.82, 2.24) is 13.9 Å². The van der Waals surface area contributed by atoms with Crippen molar-refractivity contribution < 1.29 is 13.2 Å². The van der Waals surface area contributed by atoms with E-state index in [1.807, 2.05) is 0 Å². The van der Waals surface area contributed by atoms with Gasteiger partial charge in [-0.05, 0) is 45.2 Å². The second-order valence-electron chi connectivity index (χ2n) is 5.70. The minimum Gasteiger partial charge on any atom is -0.377 e. The Labute approximate surface area is 130 Å². The molecule has 1 rings (SSSR count). The van der Waals surface area contributed by atoms with E-state index in [-0.39, 0.29) is 6.10 Å².